The summed E-state index contributed by atoms with van der Waals surface area (Å²) in [5.74, 6) is -0.488. The van der Waals surface area contributed by atoms with Crippen molar-refractivity contribution >= 4 is 46.5 Å². The molecule has 1 atom stereocenters. The van der Waals surface area contributed by atoms with Gasteiger partial charge < -0.3 is 20.2 Å². The largest absolute Gasteiger partial charge is 0.466 e. The van der Waals surface area contributed by atoms with E-state index in [4.69, 9.17) is 49.7 Å². The third kappa shape index (κ3) is 4.88. The van der Waals surface area contributed by atoms with Gasteiger partial charge in [0.15, 0.2) is 11.5 Å². The third-order valence-electron chi connectivity index (χ3n) is 2.92. The molecular formula is C15H13Cl3N2O4. The summed E-state index contributed by atoms with van der Waals surface area (Å²) in [6, 6.07) is 9.06. The Labute approximate surface area is 152 Å². The average Bonchev–Trinajstić information content (AvgIpc) is 3.07. The number of Topliss-reactive ketones (excluding diaryl/α,β-unsaturated/α-hetero) is 1. The molecule has 3 N–H and O–H groups in total. The molecule has 0 bridgehead atoms. The number of hydrogen-bond donors (Lipinski definition) is 2. The normalized spacial score (nSPS) is 12.5. The molecule has 9 heteroatoms. The van der Waals surface area contributed by atoms with Crippen molar-refractivity contribution in [2.24, 2.45) is 5.73 Å². The summed E-state index contributed by atoms with van der Waals surface area (Å²) in [4.78, 5) is 23.5. The summed E-state index contributed by atoms with van der Waals surface area (Å²) in [5, 5.41) is 2.42. The second-order valence-electron chi connectivity index (χ2n) is 4.64. The Hall–Kier alpha value is -1.73. The minimum absolute atomic E-state index is 0.0433. The number of halogens is 3. The Morgan fingerprint density at radius 1 is 1.21 bits per heavy atom. The number of nitrogens with two attached hydrogens (primary N) is 1. The molecule has 2 rings (SSSR count). The van der Waals surface area contributed by atoms with Crippen molar-refractivity contribution in [1.29, 1.82) is 0 Å². The van der Waals surface area contributed by atoms with Gasteiger partial charge in [-0.1, -0.05) is 34.8 Å². The quantitative estimate of drug-likeness (QED) is 0.448. The summed E-state index contributed by atoms with van der Waals surface area (Å²) in [7, 11) is 0. The molecule has 0 fully saturated rings. The Kier molecular flexibility index (Phi) is 6.12. The maximum atomic E-state index is 12.0. The molecule has 1 unspecified atom stereocenters. The van der Waals surface area contributed by atoms with Crippen LogP contribution < -0.4 is 15.8 Å². The van der Waals surface area contributed by atoms with E-state index in [-0.39, 0.29) is 18.1 Å². The van der Waals surface area contributed by atoms with Gasteiger partial charge in [-0.25, -0.2) is 0 Å². The molecule has 128 valence electrons. The van der Waals surface area contributed by atoms with Crippen molar-refractivity contribution in [3.05, 3.63) is 54.0 Å². The molecule has 0 radical (unpaired) electrons. The van der Waals surface area contributed by atoms with Crippen LogP contribution in [0.4, 0.5) is 0 Å². The molecule has 0 aliphatic rings. The lowest BCUT2D eigenvalue weighted by molar-refractivity contribution is 0.0805. The number of furan rings is 1. The van der Waals surface area contributed by atoms with Crippen LogP contribution >= 0.6 is 34.8 Å². The lowest BCUT2D eigenvalue weighted by Crippen LogP contribution is -2.47. The predicted molar refractivity (Wildman–Crippen MR) is 90.7 cm³/mol. The van der Waals surface area contributed by atoms with E-state index in [1.165, 1.54) is 36.6 Å². The lowest BCUT2D eigenvalue weighted by Gasteiger charge is -2.26. The Morgan fingerprint density at radius 2 is 1.88 bits per heavy atom. The first-order valence-corrected chi connectivity index (χ1v) is 7.85. The Bertz CT molecular complexity index is 697. The Morgan fingerprint density at radius 3 is 2.38 bits per heavy atom. The maximum Gasteiger partial charge on any atom is 0.289 e. The number of nitrogens with one attached hydrogen (secondary N) is 1. The van der Waals surface area contributed by atoms with Gasteiger partial charge in [-0.15, -0.1) is 0 Å². The van der Waals surface area contributed by atoms with Gasteiger partial charge in [0.05, 0.1) is 12.8 Å². The zero-order valence-corrected chi connectivity index (χ0v) is 14.4. The third-order valence-corrected chi connectivity index (χ3v) is 3.51. The van der Waals surface area contributed by atoms with Crippen LogP contribution in [0.1, 0.15) is 20.9 Å². The van der Waals surface area contributed by atoms with Gasteiger partial charge in [-0.3, -0.25) is 9.59 Å². The molecule has 1 amide bonds. The first-order valence-electron chi connectivity index (χ1n) is 6.72. The average molecular weight is 392 g/mol. The van der Waals surface area contributed by atoms with Gasteiger partial charge in [-0.05, 0) is 36.4 Å². The molecule has 1 aromatic carbocycles. The predicted octanol–water partition coefficient (Wildman–Crippen LogP) is 2.93. The fourth-order valence-corrected chi connectivity index (χ4v) is 2.05. The van der Waals surface area contributed by atoms with Crippen molar-refractivity contribution in [3.8, 4) is 5.75 Å². The monoisotopic (exact) mass is 390 g/mol. The topological polar surface area (TPSA) is 94.6 Å². The highest BCUT2D eigenvalue weighted by molar-refractivity contribution is 6.68. The van der Waals surface area contributed by atoms with Crippen molar-refractivity contribution < 1.29 is 18.7 Å². The Balaban J connectivity index is 2.11. The van der Waals surface area contributed by atoms with E-state index in [0.29, 0.717) is 11.3 Å². The number of carbonyl (C=O) groups excluding carboxylic acids is 2. The van der Waals surface area contributed by atoms with Gasteiger partial charge in [0, 0.05) is 5.56 Å². The van der Waals surface area contributed by atoms with Crippen LogP contribution in [-0.4, -0.2) is 28.3 Å². The zero-order valence-electron chi connectivity index (χ0n) is 12.2. The van der Waals surface area contributed by atoms with Gasteiger partial charge in [0.1, 0.15) is 5.75 Å². The molecular weight excluding hydrogens is 379 g/mol. The molecule has 6 nitrogen and oxygen atoms in total. The smallest absolute Gasteiger partial charge is 0.289 e. The number of ether oxygens (including phenoxy) is 1. The van der Waals surface area contributed by atoms with Crippen LogP contribution in [0.25, 0.3) is 0 Å². The summed E-state index contributed by atoms with van der Waals surface area (Å²) < 4.78 is 8.53. The highest BCUT2D eigenvalue weighted by atomic mass is 35.6. The first kappa shape index (κ1) is 18.6. The number of hydrogen-bond acceptors (Lipinski definition) is 5. The number of ketones is 1. The summed E-state index contributed by atoms with van der Waals surface area (Å²) in [5.41, 5.74) is 5.72. The summed E-state index contributed by atoms with van der Waals surface area (Å²) in [6.07, 6.45) is 0.0592. The first-order chi connectivity index (χ1) is 11.3. The van der Waals surface area contributed by atoms with Gasteiger partial charge in [0.2, 0.25) is 10.0 Å². The summed E-state index contributed by atoms with van der Waals surface area (Å²) in [6.45, 7) is -0.101. The molecule has 0 saturated carbocycles. The lowest BCUT2D eigenvalue weighted by atomic mass is 10.1. The van der Waals surface area contributed by atoms with Gasteiger partial charge >= 0.3 is 0 Å². The van der Waals surface area contributed by atoms with E-state index >= 15 is 0 Å². The van der Waals surface area contributed by atoms with Crippen LogP contribution in [-0.2, 0) is 0 Å². The van der Waals surface area contributed by atoms with E-state index in [1.54, 1.807) is 6.07 Å². The molecule has 0 spiro atoms. The number of amides is 1. The van der Waals surface area contributed by atoms with E-state index in [9.17, 15) is 9.59 Å². The van der Waals surface area contributed by atoms with Crippen molar-refractivity contribution in [2.75, 3.05) is 6.54 Å². The minimum Gasteiger partial charge on any atom is -0.466 e. The number of benzene rings is 1. The molecule has 1 aromatic heterocycles. The van der Waals surface area contributed by atoms with Crippen LogP contribution in [0.2, 0.25) is 0 Å². The van der Waals surface area contributed by atoms with Crippen molar-refractivity contribution in [2.45, 2.75) is 10.0 Å². The molecule has 2 aromatic rings. The van der Waals surface area contributed by atoms with Crippen molar-refractivity contribution in [1.82, 2.24) is 5.32 Å². The minimum atomic E-state index is -1.94. The molecule has 24 heavy (non-hydrogen) atoms. The van der Waals surface area contributed by atoms with E-state index < -0.39 is 15.9 Å². The molecule has 0 aliphatic heterocycles. The van der Waals surface area contributed by atoms with E-state index in [1.807, 2.05) is 0 Å². The summed E-state index contributed by atoms with van der Waals surface area (Å²) >= 11 is 17.5. The zero-order chi connectivity index (χ0) is 17.7. The van der Waals surface area contributed by atoms with E-state index in [2.05, 4.69) is 5.32 Å². The number of rotatable bonds is 6. The number of alkyl halides is 3. The molecule has 1 heterocycles. The van der Waals surface area contributed by atoms with Gasteiger partial charge in [0.25, 0.3) is 5.91 Å². The maximum absolute atomic E-state index is 12.0. The molecule has 0 aliphatic carbocycles. The van der Waals surface area contributed by atoms with Gasteiger partial charge in [-0.2, -0.15) is 0 Å². The fraction of sp³-hybridized carbons (Fsp3) is 0.200. The van der Waals surface area contributed by atoms with Crippen LogP contribution in [0.3, 0.4) is 0 Å². The highest BCUT2D eigenvalue weighted by Gasteiger charge is 2.36. The van der Waals surface area contributed by atoms with Crippen molar-refractivity contribution in [3.63, 3.8) is 0 Å². The van der Waals surface area contributed by atoms with Crippen LogP contribution in [0.5, 0.6) is 5.75 Å². The highest BCUT2D eigenvalue weighted by Crippen LogP contribution is 2.32. The van der Waals surface area contributed by atoms with E-state index in [0.717, 1.165) is 0 Å². The SMILES string of the molecule is NCC(=O)c1ccc(OC(NC(=O)c2ccco2)C(Cl)(Cl)Cl)cc1. The molecule has 0 saturated heterocycles. The van der Waals surface area contributed by atoms with Crippen LogP contribution in [0.15, 0.2) is 47.1 Å². The second-order valence-corrected chi connectivity index (χ2v) is 7.01. The standard InChI is InChI=1S/C15H13Cl3N2O4/c16-15(17,18)14(20-13(22)12-2-1-7-23-12)24-10-5-3-9(4-6-10)11(21)8-19/h1-7,14H,8,19H2,(H,20,22). The fourth-order valence-electron chi connectivity index (χ4n) is 1.75. The van der Waals surface area contributed by atoms with Crippen LogP contribution in [0, 0.1) is 0 Å². The second kappa shape index (κ2) is 7.90. The number of carbonyl (C=O) groups is 2.